The van der Waals surface area contributed by atoms with Gasteiger partial charge in [-0.1, -0.05) is 41.4 Å². The molecule has 0 radical (unpaired) electrons. The Bertz CT molecular complexity index is 1190. The molecule has 0 spiro atoms. The number of hydrogen-bond acceptors (Lipinski definition) is 5. The molecule has 0 bridgehead atoms. The Morgan fingerprint density at radius 2 is 2.13 bits per heavy atom. The van der Waals surface area contributed by atoms with E-state index in [1.54, 1.807) is 30.3 Å². The third kappa shape index (κ3) is 4.88. The van der Waals surface area contributed by atoms with Gasteiger partial charge in [0.25, 0.3) is 11.5 Å². The third-order valence-electron chi connectivity index (χ3n) is 4.54. The van der Waals surface area contributed by atoms with Gasteiger partial charge in [0.05, 0.1) is 17.1 Å². The zero-order chi connectivity index (χ0) is 21.8. The van der Waals surface area contributed by atoms with Crippen molar-refractivity contribution < 1.29 is 9.53 Å². The number of amides is 1. The lowest BCUT2D eigenvalue weighted by Gasteiger charge is -2.14. The van der Waals surface area contributed by atoms with E-state index >= 15 is 0 Å². The van der Waals surface area contributed by atoms with Crippen molar-refractivity contribution in [2.75, 3.05) is 6.61 Å². The molecule has 0 aliphatic heterocycles. The molecule has 0 aliphatic carbocycles. The molecule has 156 valence electrons. The highest BCUT2D eigenvalue weighted by Gasteiger charge is 2.16. The number of fused-ring (bicyclic) bond motifs is 1. The average Bonchev–Trinajstić information content (AvgIpc) is 2.72. The van der Waals surface area contributed by atoms with Gasteiger partial charge >= 0.3 is 0 Å². The number of aromatic nitrogens is 2. The van der Waals surface area contributed by atoms with Crippen LogP contribution in [0.3, 0.4) is 0 Å². The molecule has 2 aromatic carbocycles. The van der Waals surface area contributed by atoms with Gasteiger partial charge in [0.2, 0.25) is 0 Å². The molecule has 9 heteroatoms. The van der Waals surface area contributed by atoms with Crippen molar-refractivity contribution in [3.8, 4) is 5.75 Å². The number of nitrogens with two attached hydrogens (primary N) is 1. The van der Waals surface area contributed by atoms with E-state index in [0.717, 1.165) is 10.9 Å². The van der Waals surface area contributed by atoms with E-state index < -0.39 is 5.91 Å². The van der Waals surface area contributed by atoms with E-state index in [0.29, 0.717) is 33.1 Å². The summed E-state index contributed by atoms with van der Waals surface area (Å²) in [5.41, 5.74) is 5.98. The minimum atomic E-state index is -0.604. The van der Waals surface area contributed by atoms with Gasteiger partial charge in [-0.25, -0.2) is 4.98 Å². The molecule has 2 N–H and O–H groups in total. The molecule has 0 unspecified atom stereocenters. The summed E-state index contributed by atoms with van der Waals surface area (Å²) >= 11 is 9.49. The largest absolute Gasteiger partial charge is 0.483 e. The first-order valence-electron chi connectivity index (χ1n) is 9.27. The fraction of sp³-hybridized carbons (Fsp3) is 0.238. The van der Waals surface area contributed by atoms with Crippen LogP contribution in [0.4, 0.5) is 0 Å². The molecular formula is C21H20BrClN4O3. The fourth-order valence-corrected chi connectivity index (χ4v) is 3.34. The number of nitrogens with zero attached hydrogens (tertiary/aromatic N) is 3. The Kier molecular flexibility index (Phi) is 6.89. The highest BCUT2D eigenvalue weighted by Crippen LogP contribution is 2.23. The summed E-state index contributed by atoms with van der Waals surface area (Å²) in [5, 5.41) is 5.31. The molecule has 3 rings (SSSR count). The number of hydrogen-bond donors (Lipinski definition) is 1. The van der Waals surface area contributed by atoms with Crippen molar-refractivity contribution in [1.29, 1.82) is 0 Å². The molecule has 3 aromatic rings. The predicted molar refractivity (Wildman–Crippen MR) is 122 cm³/mol. The van der Waals surface area contributed by atoms with Gasteiger partial charge in [-0.2, -0.15) is 9.78 Å². The van der Waals surface area contributed by atoms with Gasteiger partial charge < -0.3 is 10.5 Å². The molecule has 0 saturated carbocycles. The number of halogens is 2. The summed E-state index contributed by atoms with van der Waals surface area (Å²) in [6.45, 7) is 3.72. The molecule has 1 atom stereocenters. The highest BCUT2D eigenvalue weighted by molar-refractivity contribution is 9.10. The van der Waals surface area contributed by atoms with Gasteiger partial charge in [-0.3, -0.25) is 9.59 Å². The summed E-state index contributed by atoms with van der Waals surface area (Å²) in [7, 11) is 0. The second kappa shape index (κ2) is 9.40. The molecule has 7 nitrogen and oxygen atoms in total. The first kappa shape index (κ1) is 22.0. The standard InChI is InChI=1S/C21H20BrClN4O3/c1-3-12(2)20-26-17-6-4-14(22)9-16(17)21(29)27(20)25-10-13-8-15(23)5-7-18(13)30-11-19(24)28/h4-10,12H,3,11H2,1-2H3,(H2,24,28)/t12-/m1/s1. The van der Waals surface area contributed by atoms with Gasteiger partial charge in [0.1, 0.15) is 11.6 Å². The van der Waals surface area contributed by atoms with Crippen molar-refractivity contribution in [2.24, 2.45) is 10.8 Å². The summed E-state index contributed by atoms with van der Waals surface area (Å²) in [6.07, 6.45) is 2.25. The van der Waals surface area contributed by atoms with Gasteiger partial charge in [-0.15, -0.1) is 0 Å². The lowest BCUT2D eigenvalue weighted by molar-refractivity contribution is -0.119. The monoisotopic (exact) mass is 490 g/mol. The quantitative estimate of drug-likeness (QED) is 0.504. The summed E-state index contributed by atoms with van der Waals surface area (Å²) in [6, 6.07) is 10.2. The van der Waals surface area contributed by atoms with Crippen LogP contribution in [0.25, 0.3) is 10.9 Å². The molecular weight excluding hydrogens is 472 g/mol. The normalized spacial score (nSPS) is 12.4. The fourth-order valence-electron chi connectivity index (χ4n) is 2.80. The second-order valence-electron chi connectivity index (χ2n) is 6.74. The van der Waals surface area contributed by atoms with Crippen LogP contribution in [0, 0.1) is 0 Å². The number of carbonyl (C=O) groups is 1. The van der Waals surface area contributed by atoms with Crippen LogP contribution in [0.15, 0.2) is 50.8 Å². The van der Waals surface area contributed by atoms with Crippen LogP contribution in [0.1, 0.15) is 37.6 Å². The van der Waals surface area contributed by atoms with Gasteiger partial charge in [0, 0.05) is 21.0 Å². The van der Waals surface area contributed by atoms with E-state index in [2.05, 4.69) is 26.0 Å². The van der Waals surface area contributed by atoms with Crippen molar-refractivity contribution in [2.45, 2.75) is 26.2 Å². The molecule has 30 heavy (non-hydrogen) atoms. The Labute approximate surface area is 186 Å². The molecule has 1 amide bonds. The van der Waals surface area contributed by atoms with E-state index in [1.807, 2.05) is 19.9 Å². The molecule has 1 aromatic heterocycles. The summed E-state index contributed by atoms with van der Waals surface area (Å²) in [5.74, 6) is 0.326. The minimum Gasteiger partial charge on any atom is -0.483 e. The summed E-state index contributed by atoms with van der Waals surface area (Å²) in [4.78, 5) is 28.9. The van der Waals surface area contributed by atoms with Crippen molar-refractivity contribution in [3.05, 3.63) is 67.6 Å². The lowest BCUT2D eigenvalue weighted by Crippen LogP contribution is -2.24. The van der Waals surface area contributed by atoms with Crippen molar-refractivity contribution >= 4 is 50.6 Å². The Balaban J connectivity index is 2.14. The van der Waals surface area contributed by atoms with Crippen LogP contribution in [0.2, 0.25) is 5.02 Å². The Hall–Kier alpha value is -2.71. The van der Waals surface area contributed by atoms with Gasteiger partial charge in [0.15, 0.2) is 6.61 Å². The second-order valence-corrected chi connectivity index (χ2v) is 8.09. The Morgan fingerprint density at radius 1 is 1.37 bits per heavy atom. The Morgan fingerprint density at radius 3 is 2.83 bits per heavy atom. The topological polar surface area (TPSA) is 99.6 Å². The first-order valence-corrected chi connectivity index (χ1v) is 10.4. The van der Waals surface area contributed by atoms with E-state index in [4.69, 9.17) is 22.1 Å². The average molecular weight is 492 g/mol. The van der Waals surface area contributed by atoms with E-state index in [1.165, 1.54) is 10.9 Å². The van der Waals surface area contributed by atoms with Crippen molar-refractivity contribution in [3.63, 3.8) is 0 Å². The van der Waals surface area contributed by atoms with Crippen LogP contribution in [-0.4, -0.2) is 28.4 Å². The van der Waals surface area contributed by atoms with Crippen LogP contribution < -0.4 is 16.0 Å². The SMILES string of the molecule is CC[C@@H](C)c1nc2ccc(Br)cc2c(=O)n1N=Cc1cc(Cl)ccc1OCC(N)=O. The predicted octanol–water partition coefficient (Wildman–Crippen LogP) is 4.07. The number of carbonyl (C=O) groups excluding carboxylic acids is 1. The summed E-state index contributed by atoms with van der Waals surface area (Å²) < 4.78 is 7.49. The number of rotatable bonds is 7. The number of benzene rings is 2. The molecule has 0 saturated heterocycles. The molecule has 1 heterocycles. The zero-order valence-electron chi connectivity index (χ0n) is 16.4. The smallest absolute Gasteiger partial charge is 0.282 e. The maximum Gasteiger partial charge on any atom is 0.282 e. The van der Waals surface area contributed by atoms with Crippen molar-refractivity contribution in [1.82, 2.24) is 9.66 Å². The zero-order valence-corrected chi connectivity index (χ0v) is 18.8. The van der Waals surface area contributed by atoms with E-state index in [-0.39, 0.29) is 18.1 Å². The first-order chi connectivity index (χ1) is 14.3. The van der Waals surface area contributed by atoms with E-state index in [9.17, 15) is 9.59 Å². The maximum absolute atomic E-state index is 13.2. The maximum atomic E-state index is 13.2. The van der Waals surface area contributed by atoms with Crippen LogP contribution >= 0.6 is 27.5 Å². The molecule has 0 aliphatic rings. The third-order valence-corrected chi connectivity index (χ3v) is 5.27. The van der Waals surface area contributed by atoms with Crippen LogP contribution in [0.5, 0.6) is 5.75 Å². The number of primary amides is 1. The van der Waals surface area contributed by atoms with Gasteiger partial charge in [-0.05, 0) is 42.8 Å². The molecule has 0 fully saturated rings. The van der Waals surface area contributed by atoms with Crippen LogP contribution in [-0.2, 0) is 4.79 Å². The lowest BCUT2D eigenvalue weighted by atomic mass is 10.1. The highest BCUT2D eigenvalue weighted by atomic mass is 79.9. The number of ether oxygens (including phenoxy) is 1. The minimum absolute atomic E-state index is 0.00726.